The van der Waals surface area contributed by atoms with Crippen LogP contribution < -0.4 is 5.56 Å². The summed E-state index contributed by atoms with van der Waals surface area (Å²) in [6, 6.07) is 7.29. The second kappa shape index (κ2) is 5.65. The molecule has 3 rings (SSSR count). The lowest BCUT2D eigenvalue weighted by molar-refractivity contribution is -0.133. The molecule has 1 aliphatic carbocycles. The Kier molecular flexibility index (Phi) is 3.70. The van der Waals surface area contributed by atoms with E-state index in [2.05, 4.69) is 4.98 Å². The summed E-state index contributed by atoms with van der Waals surface area (Å²) in [5, 5.41) is 9.56. The maximum absolute atomic E-state index is 12.3. The number of aromatic nitrogens is 2. The molecule has 1 aromatic carbocycles. The molecule has 2 aromatic rings. The van der Waals surface area contributed by atoms with Gasteiger partial charge in [0.25, 0.3) is 5.56 Å². The summed E-state index contributed by atoms with van der Waals surface area (Å²) in [5.41, 5.74) is 0.411. The molecule has 1 amide bonds. The summed E-state index contributed by atoms with van der Waals surface area (Å²) in [7, 11) is 0. The molecule has 6 heteroatoms. The first-order valence-corrected chi connectivity index (χ1v) is 7.05. The Bertz CT molecular complexity index is 721. The van der Waals surface area contributed by atoms with E-state index in [9.17, 15) is 9.59 Å². The quantitative estimate of drug-likeness (QED) is 0.862. The molecule has 21 heavy (non-hydrogen) atoms. The molecule has 0 atom stereocenters. The Morgan fingerprint density at radius 3 is 2.86 bits per heavy atom. The molecular weight excluding hydrogens is 270 g/mol. The maximum atomic E-state index is 12.3. The van der Waals surface area contributed by atoms with Gasteiger partial charge in [0.15, 0.2) is 0 Å². The minimum absolute atomic E-state index is 0.0346. The summed E-state index contributed by atoms with van der Waals surface area (Å²) >= 11 is 0. The first kappa shape index (κ1) is 13.8. The molecule has 0 radical (unpaired) electrons. The number of para-hydroxylation sites is 1. The molecule has 0 saturated heterocycles. The van der Waals surface area contributed by atoms with Crippen LogP contribution >= 0.6 is 0 Å². The van der Waals surface area contributed by atoms with Gasteiger partial charge in [-0.15, -0.1) is 0 Å². The number of hydrogen-bond donors (Lipinski definition) is 1. The van der Waals surface area contributed by atoms with E-state index in [0.29, 0.717) is 17.4 Å². The fourth-order valence-electron chi connectivity index (χ4n) is 2.46. The van der Waals surface area contributed by atoms with Crippen LogP contribution in [0, 0.1) is 0 Å². The first-order chi connectivity index (χ1) is 10.2. The van der Waals surface area contributed by atoms with Gasteiger partial charge in [0.05, 0.1) is 23.8 Å². The van der Waals surface area contributed by atoms with Crippen molar-refractivity contribution in [1.29, 1.82) is 0 Å². The minimum atomic E-state index is -0.214. The van der Waals surface area contributed by atoms with Crippen molar-refractivity contribution < 1.29 is 9.90 Å². The first-order valence-electron chi connectivity index (χ1n) is 7.05. The Morgan fingerprint density at radius 2 is 2.14 bits per heavy atom. The van der Waals surface area contributed by atoms with Crippen LogP contribution in [0.15, 0.2) is 35.4 Å². The number of nitrogens with zero attached hydrogens (tertiary/aromatic N) is 3. The fraction of sp³-hybridized carbons (Fsp3) is 0.400. The number of carbonyl (C=O) groups is 1. The second-order valence-corrected chi connectivity index (χ2v) is 5.24. The number of carbonyl (C=O) groups excluding carboxylic acids is 1. The molecule has 0 spiro atoms. The van der Waals surface area contributed by atoms with Gasteiger partial charge >= 0.3 is 0 Å². The molecule has 0 unspecified atom stereocenters. The number of rotatable bonds is 5. The lowest BCUT2D eigenvalue weighted by Gasteiger charge is -2.21. The number of aliphatic hydroxyl groups excluding tert-OH is 1. The summed E-state index contributed by atoms with van der Waals surface area (Å²) in [5.74, 6) is -0.147. The van der Waals surface area contributed by atoms with Crippen molar-refractivity contribution in [3.8, 4) is 0 Å². The van der Waals surface area contributed by atoms with Crippen LogP contribution in [-0.2, 0) is 11.3 Å². The average Bonchev–Trinajstić information content (AvgIpc) is 3.32. The smallest absolute Gasteiger partial charge is 0.261 e. The second-order valence-electron chi connectivity index (χ2n) is 5.24. The molecule has 1 heterocycles. The molecule has 1 saturated carbocycles. The Hall–Kier alpha value is -2.21. The van der Waals surface area contributed by atoms with Gasteiger partial charge in [0.2, 0.25) is 5.91 Å². The zero-order chi connectivity index (χ0) is 14.8. The lowest BCUT2D eigenvalue weighted by Crippen LogP contribution is -2.39. The van der Waals surface area contributed by atoms with Crippen LogP contribution in [0.25, 0.3) is 10.9 Å². The largest absolute Gasteiger partial charge is 0.395 e. The van der Waals surface area contributed by atoms with Gasteiger partial charge in [0.1, 0.15) is 6.54 Å². The van der Waals surface area contributed by atoms with Gasteiger partial charge < -0.3 is 10.0 Å². The van der Waals surface area contributed by atoms with E-state index in [1.54, 1.807) is 23.1 Å². The zero-order valence-corrected chi connectivity index (χ0v) is 11.6. The lowest BCUT2D eigenvalue weighted by atomic mass is 10.2. The summed E-state index contributed by atoms with van der Waals surface area (Å²) < 4.78 is 1.33. The third-order valence-electron chi connectivity index (χ3n) is 3.69. The number of aliphatic hydroxyl groups is 1. The number of fused-ring (bicyclic) bond motifs is 1. The van der Waals surface area contributed by atoms with Crippen LogP contribution in [-0.4, -0.2) is 44.7 Å². The molecule has 0 aliphatic heterocycles. The molecule has 6 nitrogen and oxygen atoms in total. The molecule has 1 fully saturated rings. The standard InChI is InChI=1S/C15H17N3O3/c19-8-7-18(11-5-6-11)14(20)9-17-10-16-13-4-2-1-3-12(13)15(17)21/h1-4,10-11,19H,5-9H2. The van der Waals surface area contributed by atoms with E-state index >= 15 is 0 Å². The van der Waals surface area contributed by atoms with Gasteiger partial charge in [0, 0.05) is 12.6 Å². The number of benzene rings is 1. The third kappa shape index (κ3) is 2.80. The van der Waals surface area contributed by atoms with Crippen molar-refractivity contribution in [3.63, 3.8) is 0 Å². The highest BCUT2D eigenvalue weighted by Gasteiger charge is 2.32. The van der Waals surface area contributed by atoms with E-state index in [0.717, 1.165) is 12.8 Å². The van der Waals surface area contributed by atoms with Crippen molar-refractivity contribution >= 4 is 16.8 Å². The summed E-state index contributed by atoms with van der Waals surface area (Å²) in [6.45, 7) is 0.222. The molecule has 1 aromatic heterocycles. The number of hydrogen-bond acceptors (Lipinski definition) is 4. The van der Waals surface area contributed by atoms with Crippen molar-refractivity contribution in [3.05, 3.63) is 40.9 Å². The van der Waals surface area contributed by atoms with Crippen molar-refractivity contribution in [2.24, 2.45) is 0 Å². The van der Waals surface area contributed by atoms with Crippen LogP contribution in [0.4, 0.5) is 0 Å². The maximum Gasteiger partial charge on any atom is 0.261 e. The SMILES string of the molecule is O=C(Cn1cnc2ccccc2c1=O)N(CCO)C1CC1. The summed E-state index contributed by atoms with van der Waals surface area (Å²) in [6.07, 6.45) is 3.35. The molecular formula is C15H17N3O3. The summed E-state index contributed by atoms with van der Waals surface area (Å²) in [4.78, 5) is 30.5. The topological polar surface area (TPSA) is 75.4 Å². The van der Waals surface area contributed by atoms with E-state index in [1.165, 1.54) is 10.9 Å². The van der Waals surface area contributed by atoms with Gasteiger partial charge in [-0.3, -0.25) is 14.2 Å². The van der Waals surface area contributed by atoms with Crippen LogP contribution in [0.3, 0.4) is 0 Å². The van der Waals surface area contributed by atoms with Crippen molar-refractivity contribution in [2.75, 3.05) is 13.2 Å². The predicted molar refractivity (Wildman–Crippen MR) is 77.8 cm³/mol. The van der Waals surface area contributed by atoms with E-state index in [1.807, 2.05) is 6.07 Å². The Morgan fingerprint density at radius 1 is 1.38 bits per heavy atom. The minimum Gasteiger partial charge on any atom is -0.395 e. The Balaban J connectivity index is 1.85. The average molecular weight is 287 g/mol. The van der Waals surface area contributed by atoms with Crippen LogP contribution in [0.5, 0.6) is 0 Å². The van der Waals surface area contributed by atoms with Gasteiger partial charge in [-0.25, -0.2) is 4.98 Å². The molecule has 0 bridgehead atoms. The highest BCUT2D eigenvalue weighted by Crippen LogP contribution is 2.26. The molecule has 1 aliphatic rings. The molecule has 1 N–H and O–H groups in total. The highest BCUT2D eigenvalue weighted by atomic mass is 16.3. The van der Waals surface area contributed by atoms with Crippen molar-refractivity contribution in [1.82, 2.24) is 14.5 Å². The highest BCUT2D eigenvalue weighted by molar-refractivity contribution is 5.79. The fourth-order valence-corrected chi connectivity index (χ4v) is 2.46. The van der Waals surface area contributed by atoms with E-state index in [-0.39, 0.29) is 30.7 Å². The number of amides is 1. The van der Waals surface area contributed by atoms with Crippen LogP contribution in [0.2, 0.25) is 0 Å². The van der Waals surface area contributed by atoms with Crippen molar-refractivity contribution in [2.45, 2.75) is 25.4 Å². The van der Waals surface area contributed by atoms with Gasteiger partial charge in [-0.05, 0) is 25.0 Å². The zero-order valence-electron chi connectivity index (χ0n) is 11.6. The third-order valence-corrected chi connectivity index (χ3v) is 3.69. The molecule has 110 valence electrons. The predicted octanol–water partition coefficient (Wildman–Crippen LogP) is 0.380. The normalized spacial score (nSPS) is 14.3. The van der Waals surface area contributed by atoms with E-state index < -0.39 is 0 Å². The van der Waals surface area contributed by atoms with E-state index in [4.69, 9.17) is 5.11 Å². The monoisotopic (exact) mass is 287 g/mol. The van der Waals surface area contributed by atoms with Gasteiger partial charge in [-0.2, -0.15) is 0 Å². The van der Waals surface area contributed by atoms with Crippen LogP contribution in [0.1, 0.15) is 12.8 Å². The van der Waals surface area contributed by atoms with Gasteiger partial charge in [-0.1, -0.05) is 12.1 Å². The Labute approximate surface area is 121 Å².